The van der Waals surface area contributed by atoms with Gasteiger partial charge in [-0.15, -0.1) is 0 Å². The van der Waals surface area contributed by atoms with Crippen LogP contribution in [0.1, 0.15) is 0 Å². The monoisotopic (exact) mass is 326 g/mol. The zero-order valence-electron chi connectivity index (χ0n) is 13.0. The molecule has 0 aromatic heterocycles. The third kappa shape index (κ3) is 6.65. The fourth-order valence-electron chi connectivity index (χ4n) is 1.76. The highest BCUT2D eigenvalue weighted by Crippen LogP contribution is 2.05. The van der Waals surface area contributed by atoms with Crippen molar-refractivity contribution in [1.29, 1.82) is 0 Å². The highest BCUT2D eigenvalue weighted by molar-refractivity contribution is 5.92. The van der Waals surface area contributed by atoms with E-state index in [0.717, 1.165) is 0 Å². The van der Waals surface area contributed by atoms with Crippen molar-refractivity contribution in [2.24, 2.45) is 0 Å². The maximum Gasteiger partial charge on any atom is 0.262 e. The number of benzene rings is 2. The van der Waals surface area contributed by atoms with E-state index < -0.39 is 0 Å². The third-order valence-corrected chi connectivity index (χ3v) is 2.79. The number of amides is 2. The summed E-state index contributed by atoms with van der Waals surface area (Å²) in [4.78, 5) is 23.2. The molecular formula is C18H18N2O4. The van der Waals surface area contributed by atoms with E-state index in [4.69, 9.17) is 9.47 Å². The number of rotatable bonds is 8. The first-order chi connectivity index (χ1) is 11.7. The van der Waals surface area contributed by atoms with Crippen LogP contribution in [0, 0.1) is 0 Å². The summed E-state index contributed by atoms with van der Waals surface area (Å²) in [5.74, 6) is -0.569. The largest absolute Gasteiger partial charge is 0.488 e. The molecule has 2 aromatic carbocycles. The number of ether oxygens (including phenoxy) is 2. The van der Waals surface area contributed by atoms with Crippen LogP contribution in [-0.4, -0.2) is 25.0 Å². The van der Waals surface area contributed by atoms with Crippen molar-refractivity contribution in [3.8, 4) is 0 Å². The molecule has 0 spiro atoms. The number of anilines is 2. The summed E-state index contributed by atoms with van der Waals surface area (Å²) < 4.78 is 10.0. The lowest BCUT2D eigenvalue weighted by Crippen LogP contribution is -2.17. The second kappa shape index (κ2) is 9.68. The van der Waals surface area contributed by atoms with Gasteiger partial charge in [-0.3, -0.25) is 9.59 Å². The predicted molar refractivity (Wildman–Crippen MR) is 91.2 cm³/mol. The van der Waals surface area contributed by atoms with Crippen LogP contribution in [0.15, 0.2) is 73.2 Å². The van der Waals surface area contributed by atoms with Crippen LogP contribution < -0.4 is 10.6 Å². The molecule has 2 aromatic rings. The summed E-state index contributed by atoms with van der Waals surface area (Å²) in [6.07, 6.45) is 2.45. The molecule has 0 aliphatic carbocycles. The van der Waals surface area contributed by atoms with E-state index in [-0.39, 0.29) is 25.0 Å². The molecule has 0 unspecified atom stereocenters. The number of para-hydroxylation sites is 2. The molecule has 0 fully saturated rings. The highest BCUT2D eigenvalue weighted by atomic mass is 16.5. The van der Waals surface area contributed by atoms with Gasteiger partial charge in [-0.25, -0.2) is 0 Å². The molecule has 0 saturated carbocycles. The van der Waals surface area contributed by atoms with Gasteiger partial charge in [0.15, 0.2) is 13.2 Å². The summed E-state index contributed by atoms with van der Waals surface area (Å²) in [6.45, 7) is -0.296. The smallest absolute Gasteiger partial charge is 0.262 e. The summed E-state index contributed by atoms with van der Waals surface area (Å²) in [6, 6.07) is 18.1. The first-order valence-corrected chi connectivity index (χ1v) is 7.32. The minimum atomic E-state index is -0.285. The first-order valence-electron chi connectivity index (χ1n) is 7.32. The maximum atomic E-state index is 11.6. The zero-order chi connectivity index (χ0) is 17.0. The molecule has 2 rings (SSSR count). The topological polar surface area (TPSA) is 76.7 Å². The lowest BCUT2D eigenvalue weighted by Gasteiger charge is -2.05. The van der Waals surface area contributed by atoms with Gasteiger partial charge in [-0.05, 0) is 24.3 Å². The van der Waals surface area contributed by atoms with E-state index in [9.17, 15) is 9.59 Å². The molecule has 0 aliphatic rings. The molecule has 0 heterocycles. The van der Waals surface area contributed by atoms with Crippen molar-refractivity contribution in [1.82, 2.24) is 0 Å². The van der Waals surface area contributed by atoms with Gasteiger partial charge in [-0.2, -0.15) is 0 Å². The van der Waals surface area contributed by atoms with Crippen LogP contribution >= 0.6 is 0 Å². The molecule has 6 heteroatoms. The summed E-state index contributed by atoms with van der Waals surface area (Å²) >= 11 is 0. The molecule has 124 valence electrons. The fourth-order valence-corrected chi connectivity index (χ4v) is 1.76. The van der Waals surface area contributed by atoms with Crippen LogP contribution in [0.25, 0.3) is 0 Å². The minimum absolute atomic E-state index is 0.148. The quantitative estimate of drug-likeness (QED) is 0.731. The number of carbonyl (C=O) groups is 2. The number of hydrogen-bond acceptors (Lipinski definition) is 4. The van der Waals surface area contributed by atoms with Crippen molar-refractivity contribution >= 4 is 23.2 Å². The van der Waals surface area contributed by atoms with Gasteiger partial charge < -0.3 is 20.1 Å². The Labute approximate surface area is 140 Å². The molecule has 0 atom stereocenters. The summed E-state index contributed by atoms with van der Waals surface area (Å²) in [5, 5.41) is 5.35. The van der Waals surface area contributed by atoms with Crippen LogP contribution in [-0.2, 0) is 19.1 Å². The van der Waals surface area contributed by atoms with Crippen molar-refractivity contribution in [3.63, 3.8) is 0 Å². The maximum absolute atomic E-state index is 11.6. The van der Waals surface area contributed by atoms with Crippen molar-refractivity contribution < 1.29 is 19.1 Å². The van der Waals surface area contributed by atoms with Gasteiger partial charge in [0.05, 0.1) is 0 Å². The van der Waals surface area contributed by atoms with Gasteiger partial charge in [0, 0.05) is 11.4 Å². The Bertz CT molecular complexity index is 612. The Morgan fingerprint density at radius 1 is 0.708 bits per heavy atom. The molecule has 2 N–H and O–H groups in total. The van der Waals surface area contributed by atoms with Gasteiger partial charge in [0.2, 0.25) is 0 Å². The van der Waals surface area contributed by atoms with Crippen molar-refractivity contribution in [2.75, 3.05) is 23.8 Å². The lowest BCUT2D eigenvalue weighted by atomic mass is 10.3. The number of nitrogens with one attached hydrogen (secondary N) is 2. The predicted octanol–water partition coefficient (Wildman–Crippen LogP) is 2.77. The van der Waals surface area contributed by atoms with Crippen LogP contribution in [0.5, 0.6) is 0 Å². The second-order valence-electron chi connectivity index (χ2n) is 4.72. The molecule has 24 heavy (non-hydrogen) atoms. The Morgan fingerprint density at radius 3 is 1.46 bits per heavy atom. The van der Waals surface area contributed by atoms with Gasteiger partial charge in [-0.1, -0.05) is 36.4 Å². The molecule has 0 radical (unpaired) electrons. The standard InChI is InChI=1S/C18H18N2O4/c21-17(19-15-7-3-1-4-8-15)13-23-11-12-24-14-18(22)20-16-9-5-2-6-10-16/h1-12H,13-14H2,(H,19,21)(H,20,22)/b12-11+. The Morgan fingerprint density at radius 2 is 1.08 bits per heavy atom. The van der Waals surface area contributed by atoms with Gasteiger partial charge in [0.25, 0.3) is 11.8 Å². The van der Waals surface area contributed by atoms with E-state index in [1.165, 1.54) is 12.5 Å². The van der Waals surface area contributed by atoms with Gasteiger partial charge in [0.1, 0.15) is 12.5 Å². The van der Waals surface area contributed by atoms with E-state index in [2.05, 4.69) is 10.6 Å². The summed E-state index contributed by atoms with van der Waals surface area (Å²) in [5.41, 5.74) is 1.40. The average Bonchev–Trinajstić information content (AvgIpc) is 2.60. The lowest BCUT2D eigenvalue weighted by molar-refractivity contribution is -0.120. The van der Waals surface area contributed by atoms with Crippen molar-refractivity contribution in [3.05, 3.63) is 73.2 Å². The molecule has 0 saturated heterocycles. The van der Waals surface area contributed by atoms with E-state index in [0.29, 0.717) is 11.4 Å². The zero-order valence-corrected chi connectivity index (χ0v) is 13.0. The Kier molecular flexibility index (Phi) is 6.89. The Balaban J connectivity index is 1.57. The van der Waals surface area contributed by atoms with Crippen LogP contribution in [0.4, 0.5) is 11.4 Å². The van der Waals surface area contributed by atoms with Crippen molar-refractivity contribution in [2.45, 2.75) is 0 Å². The molecule has 0 aliphatic heterocycles. The number of hydrogen-bond donors (Lipinski definition) is 2. The molecular weight excluding hydrogens is 308 g/mol. The second-order valence-corrected chi connectivity index (χ2v) is 4.72. The fraction of sp³-hybridized carbons (Fsp3) is 0.111. The third-order valence-electron chi connectivity index (χ3n) is 2.79. The first kappa shape index (κ1) is 17.1. The molecule has 0 bridgehead atoms. The van der Waals surface area contributed by atoms with Crippen LogP contribution in [0.3, 0.4) is 0 Å². The van der Waals surface area contributed by atoms with E-state index in [1.54, 1.807) is 24.3 Å². The number of carbonyl (C=O) groups excluding carboxylic acids is 2. The molecule has 6 nitrogen and oxygen atoms in total. The normalized spacial score (nSPS) is 10.2. The SMILES string of the molecule is O=C(CO/C=C/OCC(=O)Nc1ccccc1)Nc1ccccc1. The molecule has 2 amide bonds. The Hall–Kier alpha value is -3.28. The summed E-state index contributed by atoms with van der Waals surface area (Å²) in [7, 11) is 0. The van der Waals surface area contributed by atoms with Gasteiger partial charge >= 0.3 is 0 Å². The van der Waals surface area contributed by atoms with Crippen LogP contribution in [0.2, 0.25) is 0 Å². The average molecular weight is 326 g/mol. The van der Waals surface area contributed by atoms with E-state index >= 15 is 0 Å². The highest BCUT2D eigenvalue weighted by Gasteiger charge is 2.02. The van der Waals surface area contributed by atoms with E-state index in [1.807, 2.05) is 36.4 Å². The minimum Gasteiger partial charge on any atom is -0.488 e.